The minimum atomic E-state index is -0.720. The molecule has 28 nitrogen and oxygen atoms in total. The molecule has 7 heterocycles. The topological polar surface area (TPSA) is 313 Å². The van der Waals surface area contributed by atoms with Crippen LogP contribution in [-0.4, -0.2) is 246 Å². The Bertz CT molecular complexity index is 3370. The van der Waals surface area contributed by atoms with E-state index < -0.39 is 17.6 Å². The Hall–Kier alpha value is -7.82. The van der Waals surface area contributed by atoms with Gasteiger partial charge in [-0.1, -0.05) is 49.7 Å². The molecule has 0 spiro atoms. The number of nitriles is 1. The third kappa shape index (κ3) is 23.0. The highest BCUT2D eigenvalue weighted by molar-refractivity contribution is 6.45. The predicted molar refractivity (Wildman–Crippen MR) is 345 cm³/mol. The van der Waals surface area contributed by atoms with Gasteiger partial charge < -0.3 is 62.7 Å². The van der Waals surface area contributed by atoms with Crippen LogP contribution in [0.25, 0.3) is 22.3 Å². The third-order valence-electron chi connectivity index (χ3n) is 16.1. The van der Waals surface area contributed by atoms with E-state index in [1.54, 1.807) is 24.0 Å². The number of aromatic amines is 1. The molecule has 0 bridgehead atoms. The summed E-state index contributed by atoms with van der Waals surface area (Å²) in [4.78, 5) is 79.1. The molecule has 6 aromatic rings. The number of allylic oxidation sites excluding steroid dienone is 1. The van der Waals surface area contributed by atoms with Gasteiger partial charge in [0.05, 0.1) is 166 Å². The van der Waals surface area contributed by atoms with Gasteiger partial charge in [-0.25, -0.2) is 24.6 Å². The summed E-state index contributed by atoms with van der Waals surface area (Å²) < 4.78 is 53.3. The second-order valence-electron chi connectivity index (χ2n) is 22.9. The summed E-state index contributed by atoms with van der Waals surface area (Å²) >= 11 is 0. The first-order valence-electron chi connectivity index (χ1n) is 32.6. The normalized spacial score (nSPS) is 14.2. The highest BCUT2D eigenvalue weighted by atomic mass is 16.6. The second kappa shape index (κ2) is 39.8. The average molecular weight is 1300 g/mol. The van der Waals surface area contributed by atoms with Crippen molar-refractivity contribution < 1.29 is 61.8 Å². The molecular weight excluding hydrogens is 1210 g/mol. The number of carbonyl (C=O) groups is 4. The number of ether oxygens (including phenoxy) is 9. The van der Waals surface area contributed by atoms with Crippen molar-refractivity contribution in [3.8, 4) is 17.6 Å². The molecule has 8 rings (SSSR count). The SMILES string of the molecule is CCCC(C)c1cccc(C(C#N)=C2CCN(C(=O)C(=O)c3c[nH]c4c(-n5cnc(C(=O)NCc6ncc(CCCN7CCN(CCOCCOCCOCCOCc8cn(CCOCCOCCOCCOCCC(C)=O)nn8)CC7)cn6)n5)ncc(OC)c34)CC2)c1. The van der Waals surface area contributed by atoms with E-state index in [1.807, 2.05) is 18.3 Å². The maximum Gasteiger partial charge on any atom is 0.295 e. The van der Waals surface area contributed by atoms with Crippen molar-refractivity contribution >= 4 is 39.9 Å². The maximum atomic E-state index is 14.0. The highest BCUT2D eigenvalue weighted by Crippen LogP contribution is 2.33. The van der Waals surface area contributed by atoms with Gasteiger partial charge in [-0.15, -0.1) is 10.2 Å². The third-order valence-corrected chi connectivity index (χ3v) is 16.1. The van der Waals surface area contributed by atoms with Gasteiger partial charge in [-0.3, -0.25) is 24.1 Å². The Kier molecular flexibility index (Phi) is 30.5. The molecule has 2 N–H and O–H groups in total. The molecule has 2 saturated heterocycles. The van der Waals surface area contributed by atoms with E-state index in [1.165, 1.54) is 41.0 Å². The number of pyridine rings is 1. The molecular formula is C66H91N15O13. The Balaban J connectivity index is 0.627. The summed E-state index contributed by atoms with van der Waals surface area (Å²) in [7, 11) is 1.45. The molecule has 28 heteroatoms. The van der Waals surface area contributed by atoms with E-state index in [2.05, 4.69) is 87.5 Å². The lowest BCUT2D eigenvalue weighted by Crippen LogP contribution is -2.47. The van der Waals surface area contributed by atoms with E-state index in [0.29, 0.717) is 173 Å². The number of carbonyl (C=O) groups excluding carboxylic acids is 4. The molecule has 5 aromatic heterocycles. The smallest absolute Gasteiger partial charge is 0.295 e. The van der Waals surface area contributed by atoms with Crippen LogP contribution in [0.5, 0.6) is 5.75 Å². The van der Waals surface area contributed by atoms with Crippen molar-refractivity contribution in [2.75, 3.05) is 159 Å². The summed E-state index contributed by atoms with van der Waals surface area (Å²) in [6.45, 7) is 20.5. The lowest BCUT2D eigenvalue weighted by molar-refractivity contribution is -0.126. The van der Waals surface area contributed by atoms with Gasteiger partial charge in [0.25, 0.3) is 17.6 Å². The van der Waals surface area contributed by atoms with Crippen LogP contribution >= 0.6 is 0 Å². The molecule has 2 amide bonds. The van der Waals surface area contributed by atoms with Crippen molar-refractivity contribution in [2.45, 2.75) is 91.3 Å². The molecule has 0 saturated carbocycles. The van der Waals surface area contributed by atoms with Crippen molar-refractivity contribution in [1.82, 2.24) is 69.7 Å². The van der Waals surface area contributed by atoms with Crippen LogP contribution < -0.4 is 10.1 Å². The van der Waals surface area contributed by atoms with Gasteiger partial charge in [0.2, 0.25) is 5.82 Å². The van der Waals surface area contributed by atoms with Crippen LogP contribution in [0.2, 0.25) is 0 Å². The molecule has 0 aliphatic carbocycles. The fourth-order valence-electron chi connectivity index (χ4n) is 10.8. The lowest BCUT2D eigenvalue weighted by Gasteiger charge is -2.34. The van der Waals surface area contributed by atoms with Crippen molar-refractivity contribution in [3.63, 3.8) is 0 Å². The van der Waals surface area contributed by atoms with Crippen LogP contribution in [0.1, 0.15) is 114 Å². The number of H-pyrrole nitrogens is 1. The number of nitrogens with one attached hydrogen (secondary N) is 2. The average Bonchev–Trinajstić information content (AvgIpc) is 1.58. The first kappa shape index (κ1) is 72.0. The predicted octanol–water partition coefficient (Wildman–Crippen LogP) is 5.01. The lowest BCUT2D eigenvalue weighted by atomic mass is 9.90. The summed E-state index contributed by atoms with van der Waals surface area (Å²) in [6, 6.07) is 10.6. The summed E-state index contributed by atoms with van der Waals surface area (Å²) in [5.41, 5.74) is 5.87. The first-order chi connectivity index (χ1) is 46.0. The molecule has 1 aromatic carbocycles. The Morgan fingerprint density at radius 1 is 0.745 bits per heavy atom. The van der Waals surface area contributed by atoms with Gasteiger partial charge in [0.15, 0.2) is 5.82 Å². The van der Waals surface area contributed by atoms with Crippen LogP contribution in [-0.2, 0) is 73.6 Å². The van der Waals surface area contributed by atoms with Crippen molar-refractivity contribution in [1.29, 1.82) is 5.26 Å². The zero-order valence-corrected chi connectivity index (χ0v) is 54.8. The van der Waals surface area contributed by atoms with E-state index in [9.17, 15) is 24.4 Å². The van der Waals surface area contributed by atoms with E-state index >= 15 is 0 Å². The Morgan fingerprint density at radius 2 is 1.37 bits per heavy atom. The zero-order chi connectivity index (χ0) is 66.1. The number of hydrogen-bond donors (Lipinski definition) is 2. The monoisotopic (exact) mass is 1300 g/mol. The van der Waals surface area contributed by atoms with E-state index in [-0.39, 0.29) is 35.3 Å². The number of ketones is 2. The summed E-state index contributed by atoms with van der Waals surface area (Å²) in [5, 5.41) is 26.0. The van der Waals surface area contributed by atoms with Gasteiger partial charge in [0.1, 0.15) is 29.4 Å². The number of Topliss-reactive ketones (excluding diaryl/α,β-unsaturated/α-hetero) is 2. The number of fused-ring (bicyclic) bond motifs is 1. The van der Waals surface area contributed by atoms with Gasteiger partial charge >= 0.3 is 0 Å². The molecule has 0 radical (unpaired) electrons. The number of likely N-dealkylation sites (tertiary alicyclic amines) is 1. The highest BCUT2D eigenvalue weighted by Gasteiger charge is 2.31. The fraction of sp³-hybridized carbons (Fsp3) is 0.576. The van der Waals surface area contributed by atoms with Gasteiger partial charge in [-0.2, -0.15) is 9.94 Å². The molecule has 94 heavy (non-hydrogen) atoms. The number of benzene rings is 1. The van der Waals surface area contributed by atoms with Crippen LogP contribution in [0.15, 0.2) is 67.2 Å². The second-order valence-corrected chi connectivity index (χ2v) is 22.9. The quantitative estimate of drug-likeness (QED) is 0.0220. The molecule has 1 atom stereocenters. The number of amides is 2. The summed E-state index contributed by atoms with van der Waals surface area (Å²) in [6.07, 6.45) is 14.9. The number of aryl methyl sites for hydroxylation is 1. The zero-order valence-electron chi connectivity index (χ0n) is 54.8. The van der Waals surface area contributed by atoms with Crippen LogP contribution in [0, 0.1) is 11.3 Å². The Labute approximate surface area is 548 Å². The molecule has 2 aliphatic heterocycles. The summed E-state index contributed by atoms with van der Waals surface area (Å²) in [5.74, 6) is -0.620. The molecule has 2 aliphatic rings. The van der Waals surface area contributed by atoms with Crippen molar-refractivity contribution in [3.05, 3.63) is 107 Å². The molecule has 1 unspecified atom stereocenters. The van der Waals surface area contributed by atoms with Gasteiger partial charge in [-0.05, 0) is 73.8 Å². The number of nitrogens with zero attached hydrogens (tertiary/aromatic N) is 13. The number of hydrogen-bond acceptors (Lipinski definition) is 23. The molecule has 508 valence electrons. The number of piperazine rings is 1. The fourth-order valence-corrected chi connectivity index (χ4v) is 10.8. The van der Waals surface area contributed by atoms with Crippen LogP contribution in [0.3, 0.4) is 0 Å². The number of rotatable bonds is 44. The number of methoxy groups -OCH3 is 1. The first-order valence-corrected chi connectivity index (χ1v) is 32.6. The largest absolute Gasteiger partial charge is 0.494 e. The minimum absolute atomic E-state index is 0.0584. The van der Waals surface area contributed by atoms with Crippen LogP contribution in [0.4, 0.5) is 0 Å². The molecule has 2 fully saturated rings. The van der Waals surface area contributed by atoms with Crippen molar-refractivity contribution in [2.24, 2.45) is 0 Å². The van der Waals surface area contributed by atoms with E-state index in [4.69, 9.17) is 42.6 Å². The minimum Gasteiger partial charge on any atom is -0.494 e. The standard InChI is InChI=1S/C66H91N15O13/c1-5-8-49(2)53-10-6-11-54(39-53)56(40-67)52-12-16-79(17-13-52)66(85)62(83)57-43-70-61-60(57)58(86-4)44-71-64(61)81-48-73-63(75-81)65(84)72-45-59-68-41-51(42-69-59)9-7-15-77-18-20-78(21-19-77)22-25-88-28-31-91-35-36-93-37-38-94-47-55-46-80(76-74-55)23-26-89-29-32-92-34-33-90-30-27-87-24-14-50(3)82/h6,10-11,39,41-44,46,48-49,70H,5,7-9,12-38,45,47H2,1-4H3,(H,72,84). The number of aromatic nitrogens is 10. The number of piperidine rings is 1. The maximum absolute atomic E-state index is 14.0. The van der Waals surface area contributed by atoms with E-state index in [0.717, 1.165) is 87.3 Å². The Morgan fingerprint density at radius 3 is 2.01 bits per heavy atom. The van der Waals surface area contributed by atoms with Gasteiger partial charge in [0, 0.05) is 70.8 Å².